The molecule has 6 heteroatoms. The van der Waals surface area contributed by atoms with E-state index >= 15 is 0 Å². The first-order chi connectivity index (χ1) is 7.25. The summed E-state index contributed by atoms with van der Waals surface area (Å²) in [5.41, 5.74) is 12.5. The van der Waals surface area contributed by atoms with Crippen LogP contribution < -0.4 is 11.5 Å². The van der Waals surface area contributed by atoms with Crippen LogP contribution in [0, 0.1) is 0 Å². The Morgan fingerprint density at radius 2 is 1.88 bits per heavy atom. The molecule has 84 valence electrons. The molecule has 0 unspecified atom stereocenters. The molecule has 0 aliphatic carbocycles. The molecule has 0 bridgehead atoms. The largest absolute Gasteiger partial charge is 0.370 e. The zero-order valence-corrected chi connectivity index (χ0v) is 10.9. The van der Waals surface area contributed by atoms with Crippen LogP contribution in [0.1, 0.15) is 0 Å². The van der Waals surface area contributed by atoms with Crippen LogP contribution in [0.5, 0.6) is 0 Å². The highest BCUT2D eigenvalue weighted by Crippen LogP contribution is 2.26. The van der Waals surface area contributed by atoms with Gasteiger partial charge in [0.2, 0.25) is 5.13 Å². The highest BCUT2D eigenvalue weighted by Gasteiger charge is 2.02. The summed E-state index contributed by atoms with van der Waals surface area (Å²) in [6, 6.07) is 9.89. The van der Waals surface area contributed by atoms with Crippen molar-refractivity contribution in [3.8, 4) is 11.3 Å². The van der Waals surface area contributed by atoms with E-state index in [1.807, 2.05) is 35.7 Å². The van der Waals surface area contributed by atoms with Gasteiger partial charge in [-0.05, 0) is 0 Å². The third-order valence-electron chi connectivity index (χ3n) is 1.79. The smallest absolute Gasteiger partial charge is 0.212 e. The standard InChI is InChI=1S/C10H10N4S.BrH/c11-9(12)14-10-13-8(6-15-10)7-4-2-1-3-5-7;/h1-6H,(H4,11,12,13,14);1H. The van der Waals surface area contributed by atoms with Gasteiger partial charge in [0, 0.05) is 10.9 Å². The molecule has 0 spiro atoms. The molecule has 1 aromatic carbocycles. The van der Waals surface area contributed by atoms with E-state index in [0.717, 1.165) is 11.3 Å². The van der Waals surface area contributed by atoms with Crippen LogP contribution in [0.3, 0.4) is 0 Å². The highest BCUT2D eigenvalue weighted by molar-refractivity contribution is 8.93. The first kappa shape index (κ1) is 12.7. The zero-order valence-electron chi connectivity index (χ0n) is 8.33. The van der Waals surface area contributed by atoms with Crippen LogP contribution in [-0.2, 0) is 0 Å². The predicted molar refractivity (Wildman–Crippen MR) is 73.3 cm³/mol. The van der Waals surface area contributed by atoms with Crippen LogP contribution >= 0.6 is 28.3 Å². The molecular weight excluding hydrogens is 288 g/mol. The van der Waals surface area contributed by atoms with Gasteiger partial charge in [0.15, 0.2) is 5.96 Å². The number of thiazole rings is 1. The molecular formula is C10H11BrN4S. The third-order valence-corrected chi connectivity index (χ3v) is 2.52. The van der Waals surface area contributed by atoms with Gasteiger partial charge < -0.3 is 11.5 Å². The quantitative estimate of drug-likeness (QED) is 0.660. The van der Waals surface area contributed by atoms with E-state index in [4.69, 9.17) is 11.5 Å². The summed E-state index contributed by atoms with van der Waals surface area (Å²) in [5.74, 6) is 0.0314. The SMILES string of the molecule is Br.NC(N)=Nc1nc(-c2ccccc2)cs1. The molecule has 4 nitrogen and oxygen atoms in total. The van der Waals surface area contributed by atoms with Crippen molar-refractivity contribution in [3.63, 3.8) is 0 Å². The van der Waals surface area contributed by atoms with E-state index in [1.165, 1.54) is 11.3 Å². The van der Waals surface area contributed by atoms with Crippen LogP contribution in [0.25, 0.3) is 11.3 Å². The second-order valence-corrected chi connectivity index (χ2v) is 3.75. The Hall–Kier alpha value is -1.40. The Balaban J connectivity index is 0.00000128. The second kappa shape index (κ2) is 5.62. The Morgan fingerprint density at radius 3 is 2.50 bits per heavy atom. The van der Waals surface area contributed by atoms with Crippen molar-refractivity contribution >= 4 is 39.4 Å². The third kappa shape index (κ3) is 3.04. The summed E-state index contributed by atoms with van der Waals surface area (Å²) in [7, 11) is 0. The number of nitrogens with zero attached hydrogens (tertiary/aromatic N) is 2. The van der Waals surface area contributed by atoms with Gasteiger partial charge in [-0.15, -0.1) is 28.3 Å². The molecule has 2 rings (SSSR count). The van der Waals surface area contributed by atoms with Crippen molar-refractivity contribution in [2.75, 3.05) is 0 Å². The number of guanidine groups is 1. The fraction of sp³-hybridized carbons (Fsp3) is 0. The summed E-state index contributed by atoms with van der Waals surface area (Å²) in [6.45, 7) is 0. The van der Waals surface area contributed by atoms with Crippen molar-refractivity contribution in [1.82, 2.24) is 4.98 Å². The number of rotatable bonds is 2. The van der Waals surface area contributed by atoms with Gasteiger partial charge in [0.1, 0.15) is 0 Å². The minimum absolute atomic E-state index is 0. The maximum Gasteiger partial charge on any atom is 0.212 e. The highest BCUT2D eigenvalue weighted by atomic mass is 79.9. The normalized spacial score (nSPS) is 9.25. The number of halogens is 1. The van der Waals surface area contributed by atoms with Crippen LogP contribution in [0.2, 0.25) is 0 Å². The topological polar surface area (TPSA) is 77.3 Å². The number of benzene rings is 1. The monoisotopic (exact) mass is 298 g/mol. The average Bonchev–Trinajstić information content (AvgIpc) is 2.67. The maximum atomic E-state index is 5.27. The molecule has 0 atom stereocenters. The fourth-order valence-corrected chi connectivity index (χ4v) is 1.88. The Labute approximate surface area is 108 Å². The van der Waals surface area contributed by atoms with Crippen molar-refractivity contribution in [3.05, 3.63) is 35.7 Å². The van der Waals surface area contributed by atoms with E-state index in [2.05, 4.69) is 9.98 Å². The van der Waals surface area contributed by atoms with Gasteiger partial charge in [0.25, 0.3) is 0 Å². The lowest BCUT2D eigenvalue weighted by molar-refractivity contribution is 1.33. The van der Waals surface area contributed by atoms with Crippen molar-refractivity contribution in [2.24, 2.45) is 16.5 Å². The summed E-state index contributed by atoms with van der Waals surface area (Å²) < 4.78 is 0. The molecule has 0 aliphatic rings. The Bertz CT molecular complexity index is 477. The predicted octanol–water partition coefficient (Wildman–Crippen LogP) is 2.29. The van der Waals surface area contributed by atoms with Crippen molar-refractivity contribution < 1.29 is 0 Å². The van der Waals surface area contributed by atoms with Gasteiger partial charge in [-0.25, -0.2) is 4.98 Å². The van der Waals surface area contributed by atoms with E-state index < -0.39 is 0 Å². The van der Waals surface area contributed by atoms with Crippen LogP contribution in [0.15, 0.2) is 40.7 Å². The van der Waals surface area contributed by atoms with Crippen molar-refractivity contribution in [1.29, 1.82) is 0 Å². The number of hydrogen-bond acceptors (Lipinski definition) is 3. The molecule has 0 saturated heterocycles. The van der Waals surface area contributed by atoms with E-state index in [0.29, 0.717) is 5.13 Å². The van der Waals surface area contributed by atoms with Gasteiger partial charge in [0.05, 0.1) is 5.69 Å². The average molecular weight is 299 g/mol. The number of aliphatic imine (C=N–C) groups is 1. The summed E-state index contributed by atoms with van der Waals surface area (Å²) in [5, 5.41) is 2.51. The second-order valence-electron chi connectivity index (χ2n) is 2.92. The molecule has 0 radical (unpaired) electrons. The minimum Gasteiger partial charge on any atom is -0.370 e. The molecule has 16 heavy (non-hydrogen) atoms. The first-order valence-corrected chi connectivity index (χ1v) is 5.24. The lowest BCUT2D eigenvalue weighted by Gasteiger charge is -1.93. The number of nitrogens with two attached hydrogens (primary N) is 2. The molecule has 1 aromatic heterocycles. The summed E-state index contributed by atoms with van der Waals surface area (Å²) >= 11 is 1.41. The van der Waals surface area contributed by atoms with Crippen LogP contribution in [0.4, 0.5) is 5.13 Å². The minimum atomic E-state index is 0. The van der Waals surface area contributed by atoms with Crippen molar-refractivity contribution in [2.45, 2.75) is 0 Å². The number of aromatic nitrogens is 1. The molecule has 0 saturated carbocycles. The first-order valence-electron chi connectivity index (χ1n) is 4.36. The summed E-state index contributed by atoms with van der Waals surface area (Å²) in [4.78, 5) is 8.18. The maximum absolute atomic E-state index is 5.27. The van der Waals surface area contributed by atoms with Gasteiger partial charge >= 0.3 is 0 Å². The summed E-state index contributed by atoms with van der Waals surface area (Å²) in [6.07, 6.45) is 0. The Kier molecular flexibility index (Phi) is 4.45. The molecule has 1 heterocycles. The number of hydrogen-bond donors (Lipinski definition) is 2. The van der Waals surface area contributed by atoms with Gasteiger partial charge in [-0.3, -0.25) is 0 Å². The molecule has 0 aliphatic heterocycles. The van der Waals surface area contributed by atoms with E-state index in [9.17, 15) is 0 Å². The molecule has 0 fully saturated rings. The van der Waals surface area contributed by atoms with E-state index in [-0.39, 0.29) is 22.9 Å². The van der Waals surface area contributed by atoms with E-state index in [1.54, 1.807) is 0 Å². The van der Waals surface area contributed by atoms with Crippen LogP contribution in [-0.4, -0.2) is 10.9 Å². The zero-order chi connectivity index (χ0) is 10.7. The molecule has 0 amide bonds. The van der Waals surface area contributed by atoms with Gasteiger partial charge in [-0.1, -0.05) is 30.3 Å². The fourth-order valence-electron chi connectivity index (χ4n) is 1.17. The Morgan fingerprint density at radius 1 is 1.19 bits per heavy atom. The molecule has 2 aromatic rings. The molecule has 4 N–H and O–H groups in total. The lowest BCUT2D eigenvalue weighted by atomic mass is 10.2. The lowest BCUT2D eigenvalue weighted by Crippen LogP contribution is -2.21. The van der Waals surface area contributed by atoms with Gasteiger partial charge in [-0.2, -0.15) is 4.99 Å².